The average molecular weight is 263 g/mol. The van der Waals surface area contributed by atoms with Crippen molar-refractivity contribution in [1.82, 2.24) is 5.32 Å². The van der Waals surface area contributed by atoms with E-state index in [4.69, 9.17) is 4.74 Å². The van der Waals surface area contributed by atoms with E-state index in [9.17, 15) is 4.39 Å². The summed E-state index contributed by atoms with van der Waals surface area (Å²) in [7, 11) is 3.51. The molecule has 0 saturated heterocycles. The first kappa shape index (κ1) is 12.9. The molecule has 0 radical (unpaired) electrons. The zero-order valence-corrected chi connectivity index (χ0v) is 11.7. The summed E-state index contributed by atoms with van der Waals surface area (Å²) in [5, 5.41) is 3.33. The van der Waals surface area contributed by atoms with Crippen LogP contribution in [0.25, 0.3) is 0 Å². The fourth-order valence-electron chi connectivity index (χ4n) is 3.98. The van der Waals surface area contributed by atoms with Crippen molar-refractivity contribution in [2.24, 2.45) is 17.8 Å². The van der Waals surface area contributed by atoms with Crippen molar-refractivity contribution in [3.05, 3.63) is 29.6 Å². The van der Waals surface area contributed by atoms with Crippen LogP contribution < -0.4 is 10.1 Å². The van der Waals surface area contributed by atoms with E-state index in [1.165, 1.54) is 31.7 Å². The number of nitrogens with one attached hydrogen (secondary N) is 1. The molecule has 2 fully saturated rings. The third kappa shape index (κ3) is 2.25. The molecule has 0 amide bonds. The van der Waals surface area contributed by atoms with Gasteiger partial charge in [0.2, 0.25) is 0 Å². The third-order valence-corrected chi connectivity index (χ3v) is 4.96. The van der Waals surface area contributed by atoms with Gasteiger partial charge in [-0.3, -0.25) is 0 Å². The van der Waals surface area contributed by atoms with Gasteiger partial charge in [-0.05, 0) is 43.7 Å². The Morgan fingerprint density at radius 2 is 1.95 bits per heavy atom. The van der Waals surface area contributed by atoms with Gasteiger partial charge < -0.3 is 10.1 Å². The standard InChI is InChI=1S/C16H22FNO/c1-18-16(15-11-5-3-4-6-12(11)15)13-8-7-10(19-2)9-14(13)17/h7-9,11-12,15-16,18H,3-6H2,1-2H3. The third-order valence-electron chi connectivity index (χ3n) is 4.96. The monoisotopic (exact) mass is 263 g/mol. The molecular formula is C16H22FNO. The first-order valence-electron chi connectivity index (χ1n) is 7.27. The molecule has 2 nitrogen and oxygen atoms in total. The van der Waals surface area contributed by atoms with Crippen molar-refractivity contribution in [3.8, 4) is 5.75 Å². The van der Waals surface area contributed by atoms with Crippen LogP contribution in [0.3, 0.4) is 0 Å². The molecule has 2 saturated carbocycles. The Morgan fingerprint density at radius 1 is 1.26 bits per heavy atom. The van der Waals surface area contributed by atoms with Gasteiger partial charge in [0.25, 0.3) is 0 Å². The van der Waals surface area contributed by atoms with Gasteiger partial charge in [0.1, 0.15) is 11.6 Å². The van der Waals surface area contributed by atoms with E-state index in [-0.39, 0.29) is 11.9 Å². The number of halogens is 1. The van der Waals surface area contributed by atoms with Crippen molar-refractivity contribution < 1.29 is 9.13 Å². The lowest BCUT2D eigenvalue weighted by Gasteiger charge is -2.18. The Morgan fingerprint density at radius 3 is 2.47 bits per heavy atom. The second kappa shape index (κ2) is 5.12. The zero-order valence-electron chi connectivity index (χ0n) is 11.7. The molecule has 0 bridgehead atoms. The molecule has 2 aliphatic carbocycles. The van der Waals surface area contributed by atoms with Gasteiger partial charge in [0, 0.05) is 17.7 Å². The Labute approximate surface area is 114 Å². The van der Waals surface area contributed by atoms with E-state index >= 15 is 0 Å². The van der Waals surface area contributed by atoms with Gasteiger partial charge in [0.05, 0.1) is 7.11 Å². The molecule has 0 heterocycles. The van der Waals surface area contributed by atoms with Crippen molar-refractivity contribution in [1.29, 1.82) is 0 Å². The molecule has 0 aliphatic heterocycles. The summed E-state index contributed by atoms with van der Waals surface area (Å²) in [5.74, 6) is 2.68. The van der Waals surface area contributed by atoms with Gasteiger partial charge in [-0.2, -0.15) is 0 Å². The number of hydrogen-bond donors (Lipinski definition) is 1. The second-order valence-corrected chi connectivity index (χ2v) is 5.84. The number of methoxy groups -OCH3 is 1. The lowest BCUT2D eigenvalue weighted by molar-refractivity contribution is 0.407. The molecule has 1 N–H and O–H groups in total. The quantitative estimate of drug-likeness (QED) is 0.897. The molecule has 0 aromatic heterocycles. The molecule has 0 spiro atoms. The summed E-state index contributed by atoms with van der Waals surface area (Å²) in [6.07, 6.45) is 5.34. The molecule has 3 unspecified atom stereocenters. The second-order valence-electron chi connectivity index (χ2n) is 5.84. The normalized spacial score (nSPS) is 30.6. The van der Waals surface area contributed by atoms with Crippen LogP contribution >= 0.6 is 0 Å². The number of ether oxygens (including phenoxy) is 1. The first-order valence-corrected chi connectivity index (χ1v) is 7.27. The van der Waals surface area contributed by atoms with E-state index in [1.807, 2.05) is 19.2 Å². The van der Waals surface area contributed by atoms with Crippen molar-refractivity contribution in [2.45, 2.75) is 31.7 Å². The highest BCUT2D eigenvalue weighted by atomic mass is 19.1. The van der Waals surface area contributed by atoms with Crippen LogP contribution in [0.2, 0.25) is 0 Å². The molecule has 19 heavy (non-hydrogen) atoms. The maximum atomic E-state index is 14.2. The van der Waals surface area contributed by atoms with Crippen LogP contribution in [0.4, 0.5) is 4.39 Å². The molecule has 1 aromatic carbocycles. The van der Waals surface area contributed by atoms with Gasteiger partial charge in [0.15, 0.2) is 0 Å². The molecule has 104 valence electrons. The van der Waals surface area contributed by atoms with Gasteiger partial charge in [-0.1, -0.05) is 18.9 Å². The fourth-order valence-corrected chi connectivity index (χ4v) is 3.98. The summed E-state index contributed by atoms with van der Waals surface area (Å²) in [6.45, 7) is 0. The van der Waals surface area contributed by atoms with Crippen LogP contribution in [0, 0.1) is 23.6 Å². The zero-order chi connectivity index (χ0) is 13.4. The van der Waals surface area contributed by atoms with E-state index < -0.39 is 0 Å². The minimum atomic E-state index is -0.151. The maximum absolute atomic E-state index is 14.2. The minimum absolute atomic E-state index is 0.151. The lowest BCUT2D eigenvalue weighted by Crippen LogP contribution is -2.21. The van der Waals surface area contributed by atoms with Crippen LogP contribution in [-0.2, 0) is 0 Å². The topological polar surface area (TPSA) is 21.3 Å². The van der Waals surface area contributed by atoms with Crippen LogP contribution in [-0.4, -0.2) is 14.2 Å². The number of fused-ring (bicyclic) bond motifs is 1. The van der Waals surface area contributed by atoms with Crippen LogP contribution in [0.15, 0.2) is 18.2 Å². The Hall–Kier alpha value is -1.09. The Balaban J connectivity index is 1.83. The van der Waals surface area contributed by atoms with Crippen LogP contribution in [0.5, 0.6) is 5.75 Å². The van der Waals surface area contributed by atoms with Crippen molar-refractivity contribution >= 4 is 0 Å². The number of hydrogen-bond acceptors (Lipinski definition) is 2. The Bertz CT molecular complexity index is 450. The predicted octanol–water partition coefficient (Wildman–Crippen LogP) is 3.53. The highest BCUT2D eigenvalue weighted by Gasteiger charge is 2.54. The van der Waals surface area contributed by atoms with Crippen molar-refractivity contribution in [2.75, 3.05) is 14.2 Å². The largest absolute Gasteiger partial charge is 0.497 e. The molecular weight excluding hydrogens is 241 g/mol. The summed E-state index contributed by atoms with van der Waals surface area (Å²) in [4.78, 5) is 0. The summed E-state index contributed by atoms with van der Waals surface area (Å²) >= 11 is 0. The Kier molecular flexibility index (Phi) is 3.48. The SMILES string of the molecule is CNC(c1ccc(OC)cc1F)C1C2CCCCC21. The molecule has 3 atom stereocenters. The molecule has 2 aliphatic rings. The van der Waals surface area contributed by atoms with Gasteiger partial charge in [-0.15, -0.1) is 0 Å². The van der Waals surface area contributed by atoms with E-state index in [1.54, 1.807) is 7.11 Å². The predicted molar refractivity (Wildman–Crippen MR) is 73.7 cm³/mol. The smallest absolute Gasteiger partial charge is 0.131 e. The number of rotatable bonds is 4. The molecule has 1 aromatic rings. The minimum Gasteiger partial charge on any atom is -0.497 e. The van der Waals surface area contributed by atoms with Gasteiger partial charge >= 0.3 is 0 Å². The molecule has 3 rings (SSSR count). The van der Waals surface area contributed by atoms with Crippen LogP contribution in [0.1, 0.15) is 37.3 Å². The maximum Gasteiger partial charge on any atom is 0.131 e. The summed E-state index contributed by atoms with van der Waals surface area (Å²) in [6, 6.07) is 5.37. The van der Waals surface area contributed by atoms with E-state index in [0.29, 0.717) is 11.7 Å². The average Bonchev–Trinajstić information content (AvgIpc) is 3.16. The van der Waals surface area contributed by atoms with Gasteiger partial charge in [-0.25, -0.2) is 4.39 Å². The van der Waals surface area contributed by atoms with Crippen molar-refractivity contribution in [3.63, 3.8) is 0 Å². The highest BCUT2D eigenvalue weighted by molar-refractivity contribution is 5.32. The molecule has 3 heteroatoms. The first-order chi connectivity index (χ1) is 9.26. The highest BCUT2D eigenvalue weighted by Crippen LogP contribution is 2.60. The number of benzene rings is 1. The fraction of sp³-hybridized carbons (Fsp3) is 0.625. The summed E-state index contributed by atoms with van der Waals surface area (Å²) in [5.41, 5.74) is 0.794. The van der Waals surface area contributed by atoms with E-state index in [0.717, 1.165) is 17.4 Å². The lowest BCUT2D eigenvalue weighted by atomic mass is 9.99. The van der Waals surface area contributed by atoms with E-state index in [2.05, 4.69) is 5.32 Å². The summed E-state index contributed by atoms with van der Waals surface area (Å²) < 4.78 is 19.3.